The summed E-state index contributed by atoms with van der Waals surface area (Å²) >= 11 is 0. The van der Waals surface area contributed by atoms with Gasteiger partial charge < -0.3 is 9.47 Å². The van der Waals surface area contributed by atoms with Crippen molar-refractivity contribution in [3.05, 3.63) is 0 Å². The van der Waals surface area contributed by atoms with Crippen molar-refractivity contribution in [3.8, 4) is 0 Å². The molecule has 15 heteroatoms. The number of alkyl halides is 9. The van der Waals surface area contributed by atoms with E-state index in [0.717, 1.165) is 0 Å². The van der Waals surface area contributed by atoms with Crippen LogP contribution in [-0.4, -0.2) is 56.9 Å². The standard InChI is InChI=1S/C8H10F9NO4S/c1-4(21-2,22-3)18(23(19)20)8(16,17)6(11,12)5(9,10)7(13,14)15/h23H,1-3H3. The van der Waals surface area contributed by atoms with Gasteiger partial charge in [-0.25, -0.2) is 8.42 Å². The molecule has 0 aliphatic heterocycles. The lowest BCUT2D eigenvalue weighted by Gasteiger charge is -2.42. The lowest BCUT2D eigenvalue weighted by Crippen LogP contribution is -2.70. The van der Waals surface area contributed by atoms with Gasteiger partial charge in [-0.2, -0.15) is 39.5 Å². The molecule has 0 bridgehead atoms. The van der Waals surface area contributed by atoms with Gasteiger partial charge in [-0.15, -0.1) is 0 Å². The van der Waals surface area contributed by atoms with E-state index in [0.29, 0.717) is 14.2 Å². The molecule has 0 aromatic rings. The molecule has 0 atom stereocenters. The Hall–Kier alpha value is -0.800. The Kier molecular flexibility index (Phi) is 6.03. The lowest BCUT2D eigenvalue weighted by atomic mass is 10.1. The van der Waals surface area contributed by atoms with Gasteiger partial charge in [-0.1, -0.05) is 4.31 Å². The molecule has 0 aliphatic rings. The van der Waals surface area contributed by atoms with E-state index in [2.05, 4.69) is 9.47 Å². The Morgan fingerprint density at radius 3 is 1.35 bits per heavy atom. The number of halogens is 9. The van der Waals surface area contributed by atoms with Gasteiger partial charge >= 0.3 is 24.1 Å². The molecule has 140 valence electrons. The van der Waals surface area contributed by atoms with Crippen LogP contribution in [0.2, 0.25) is 0 Å². The van der Waals surface area contributed by atoms with Crippen LogP contribution in [0.5, 0.6) is 0 Å². The highest BCUT2D eigenvalue weighted by Crippen LogP contribution is 2.55. The summed E-state index contributed by atoms with van der Waals surface area (Å²) in [5.41, 5.74) is 0. The Morgan fingerprint density at radius 1 is 0.783 bits per heavy atom. The van der Waals surface area contributed by atoms with Gasteiger partial charge in [-0.3, -0.25) is 0 Å². The quantitative estimate of drug-likeness (QED) is 0.315. The van der Waals surface area contributed by atoms with Crippen molar-refractivity contribution in [1.29, 1.82) is 0 Å². The third kappa shape index (κ3) is 3.36. The molecule has 0 amide bonds. The third-order valence-electron chi connectivity index (χ3n) is 2.70. The molecule has 0 saturated heterocycles. The number of rotatable bonds is 7. The van der Waals surface area contributed by atoms with Crippen molar-refractivity contribution in [2.45, 2.75) is 36.9 Å². The van der Waals surface area contributed by atoms with Crippen LogP contribution in [-0.2, 0) is 20.4 Å². The van der Waals surface area contributed by atoms with Crippen molar-refractivity contribution in [1.82, 2.24) is 4.31 Å². The summed E-state index contributed by atoms with van der Waals surface area (Å²) in [5, 5.41) is 0. The largest absolute Gasteiger partial charge is 0.460 e. The van der Waals surface area contributed by atoms with Gasteiger partial charge in [-0.05, 0) is 0 Å². The number of methoxy groups -OCH3 is 2. The highest BCUT2D eigenvalue weighted by molar-refractivity contribution is 7.69. The molecule has 0 unspecified atom stereocenters. The van der Waals surface area contributed by atoms with Gasteiger partial charge in [0.15, 0.2) is 0 Å². The third-order valence-corrected chi connectivity index (χ3v) is 3.64. The summed E-state index contributed by atoms with van der Waals surface area (Å²) < 4.78 is 143. The average molecular weight is 387 g/mol. The van der Waals surface area contributed by atoms with E-state index in [1.165, 1.54) is 0 Å². The van der Waals surface area contributed by atoms with Crippen LogP contribution >= 0.6 is 0 Å². The first-order valence-electron chi connectivity index (χ1n) is 5.19. The first-order valence-corrected chi connectivity index (χ1v) is 6.32. The van der Waals surface area contributed by atoms with E-state index < -0.39 is 45.2 Å². The molecule has 0 aliphatic carbocycles. The summed E-state index contributed by atoms with van der Waals surface area (Å²) in [7, 11) is -3.92. The Balaban J connectivity index is 6.40. The fourth-order valence-corrected chi connectivity index (χ4v) is 2.05. The van der Waals surface area contributed by atoms with E-state index >= 15 is 0 Å². The predicted molar refractivity (Wildman–Crippen MR) is 55.5 cm³/mol. The average Bonchev–Trinajstić information content (AvgIpc) is 2.35. The fraction of sp³-hybridized carbons (Fsp3) is 1.00. The SMILES string of the molecule is COC(C)(OC)N([SH](=O)=O)C(F)(F)C(F)(F)C(F)(F)C(F)(F)F. The summed E-state index contributed by atoms with van der Waals surface area (Å²) in [4.78, 5) is 0. The molecule has 0 aromatic carbocycles. The molecular weight excluding hydrogens is 377 g/mol. The predicted octanol–water partition coefficient (Wildman–Crippen LogP) is 2.21. The molecule has 0 saturated carbocycles. The molecule has 0 N–H and O–H groups in total. The maximum atomic E-state index is 13.7. The van der Waals surface area contributed by atoms with E-state index in [4.69, 9.17) is 0 Å². The van der Waals surface area contributed by atoms with Crippen LogP contribution in [0.4, 0.5) is 39.5 Å². The summed E-state index contributed by atoms with van der Waals surface area (Å²) in [6.07, 6.45) is -7.09. The minimum atomic E-state index is -7.25. The highest BCUT2D eigenvalue weighted by Gasteiger charge is 2.84. The zero-order chi connectivity index (χ0) is 19.1. The van der Waals surface area contributed by atoms with Gasteiger partial charge in [0.2, 0.25) is 16.8 Å². The second kappa shape index (κ2) is 6.25. The maximum Gasteiger partial charge on any atom is 0.460 e. The lowest BCUT2D eigenvalue weighted by molar-refractivity contribution is -0.434. The maximum absolute atomic E-state index is 13.7. The summed E-state index contributed by atoms with van der Waals surface area (Å²) in [6.45, 7) is 0.286. The van der Waals surface area contributed by atoms with Crippen LogP contribution in [0.1, 0.15) is 6.92 Å². The molecule has 5 nitrogen and oxygen atoms in total. The Bertz CT molecular complexity index is 492. The van der Waals surface area contributed by atoms with Gasteiger partial charge in [0.25, 0.3) is 0 Å². The highest BCUT2D eigenvalue weighted by atomic mass is 32.2. The second-order valence-corrected chi connectivity index (χ2v) is 4.92. The van der Waals surface area contributed by atoms with Crippen LogP contribution in [0.15, 0.2) is 0 Å². The van der Waals surface area contributed by atoms with E-state index in [1.54, 1.807) is 0 Å². The molecule has 0 radical (unpaired) electrons. The van der Waals surface area contributed by atoms with Crippen LogP contribution < -0.4 is 0 Å². The molecule has 0 aromatic heterocycles. The zero-order valence-electron chi connectivity index (χ0n) is 11.4. The smallest absolute Gasteiger partial charge is 0.340 e. The second-order valence-electron chi connectivity index (χ2n) is 4.04. The number of nitrogens with zero attached hydrogens (tertiary/aromatic N) is 1. The van der Waals surface area contributed by atoms with Gasteiger partial charge in [0.1, 0.15) is 0 Å². The van der Waals surface area contributed by atoms with Crippen LogP contribution in [0.3, 0.4) is 0 Å². The monoisotopic (exact) mass is 387 g/mol. The molecular formula is C8H10F9NO4S. The minimum Gasteiger partial charge on any atom is -0.340 e. The van der Waals surface area contributed by atoms with Crippen molar-refractivity contribution < 1.29 is 57.4 Å². The summed E-state index contributed by atoms with van der Waals surface area (Å²) in [6, 6.07) is -6.55. The first-order chi connectivity index (χ1) is 9.94. The van der Waals surface area contributed by atoms with E-state index in [-0.39, 0.29) is 6.92 Å². The van der Waals surface area contributed by atoms with Crippen molar-refractivity contribution in [2.24, 2.45) is 0 Å². The van der Waals surface area contributed by atoms with E-state index in [9.17, 15) is 47.9 Å². The fourth-order valence-electron chi connectivity index (χ4n) is 1.26. The summed E-state index contributed by atoms with van der Waals surface area (Å²) in [5.74, 6) is -17.7. The normalized spacial score (nSPS) is 15.6. The molecule has 0 rings (SSSR count). The Labute approximate surface area is 125 Å². The van der Waals surface area contributed by atoms with Gasteiger partial charge in [0.05, 0.1) is 0 Å². The number of hydrogen-bond donors (Lipinski definition) is 1. The Morgan fingerprint density at radius 2 is 1.13 bits per heavy atom. The van der Waals surface area contributed by atoms with Gasteiger partial charge in [0, 0.05) is 21.1 Å². The van der Waals surface area contributed by atoms with Crippen LogP contribution in [0.25, 0.3) is 0 Å². The molecule has 23 heavy (non-hydrogen) atoms. The first kappa shape index (κ1) is 22.2. The van der Waals surface area contributed by atoms with Crippen molar-refractivity contribution >= 4 is 10.9 Å². The topological polar surface area (TPSA) is 55.8 Å². The molecule has 0 spiro atoms. The number of hydrogen-bond acceptors (Lipinski definition) is 4. The zero-order valence-corrected chi connectivity index (χ0v) is 12.3. The number of thiol groups is 1. The van der Waals surface area contributed by atoms with Crippen LogP contribution in [0, 0.1) is 0 Å². The molecule has 0 heterocycles. The van der Waals surface area contributed by atoms with Crippen molar-refractivity contribution in [2.75, 3.05) is 14.2 Å². The molecule has 0 fully saturated rings. The van der Waals surface area contributed by atoms with Crippen molar-refractivity contribution in [3.63, 3.8) is 0 Å². The minimum absolute atomic E-state index is 0.286. The van der Waals surface area contributed by atoms with E-state index in [1.807, 2.05) is 0 Å². The number of ether oxygens (including phenoxy) is 2.